The monoisotopic (exact) mass is 526 g/mol. The molecule has 0 atom stereocenters. The first-order valence-corrected chi connectivity index (χ1v) is 12.0. The molecule has 0 aliphatic carbocycles. The van der Waals surface area contributed by atoms with Gasteiger partial charge in [-0.25, -0.2) is 9.78 Å². The van der Waals surface area contributed by atoms with Crippen LogP contribution in [0.1, 0.15) is 36.8 Å². The second kappa shape index (κ2) is 11.7. The van der Waals surface area contributed by atoms with Crippen molar-refractivity contribution in [3.8, 4) is 0 Å². The Kier molecular flexibility index (Phi) is 9.02. The molecule has 2 amide bonds. The summed E-state index contributed by atoms with van der Waals surface area (Å²) in [7, 11) is 0. The number of benzene rings is 1. The number of nitrogens with one attached hydrogen (secondary N) is 1. The van der Waals surface area contributed by atoms with Crippen molar-refractivity contribution in [2.24, 2.45) is 0 Å². The largest absolute Gasteiger partial charge is 0.441 e. The minimum Gasteiger partial charge on any atom is -0.441 e. The molecule has 1 aromatic carbocycles. The number of rotatable bonds is 8. The molecule has 0 saturated heterocycles. The zero-order valence-electron chi connectivity index (χ0n) is 17.8. The van der Waals surface area contributed by atoms with Crippen LogP contribution in [-0.4, -0.2) is 32.4 Å². The quantitative estimate of drug-likeness (QED) is 0.367. The first kappa shape index (κ1) is 25.4. The van der Waals surface area contributed by atoms with Crippen molar-refractivity contribution in [3.63, 3.8) is 0 Å². The summed E-state index contributed by atoms with van der Waals surface area (Å²) in [5, 5.41) is 3.97. The number of alkyl halides is 1. The number of hydrogen-bond acceptors (Lipinski definition) is 6. The second-order valence-electron chi connectivity index (χ2n) is 7.29. The fraction of sp³-hybridized carbons (Fsp3) is 0.273. The molecule has 3 rings (SSSR count). The Bertz CT molecular complexity index is 1120. The molecule has 0 aliphatic rings. The molecule has 0 unspecified atom stereocenters. The number of alkyl carbamates (subject to hydrolysis) is 1. The Morgan fingerprint density at radius 1 is 1.21 bits per heavy atom. The number of carbonyl (C=O) groups is 2. The van der Waals surface area contributed by atoms with Gasteiger partial charge in [0.25, 0.3) is 0 Å². The summed E-state index contributed by atoms with van der Waals surface area (Å²) in [6, 6.07) is 9.11. The number of imide groups is 1. The van der Waals surface area contributed by atoms with E-state index in [1.54, 1.807) is 18.5 Å². The standard InChI is InChI=1S/C22H21Cl3N4O3S/c1-13(2)20-21(33-17-7-15(24)6-16(25)8-17)29(11-14-4-3-5-26-10-14)18(27-20)12-32-22(31)28-19(30)9-23/h3-8,10,13H,9,11-12H2,1-2H3,(H,28,30,31). The van der Waals surface area contributed by atoms with Crippen molar-refractivity contribution in [2.45, 2.75) is 42.8 Å². The van der Waals surface area contributed by atoms with E-state index >= 15 is 0 Å². The van der Waals surface area contributed by atoms with E-state index < -0.39 is 12.0 Å². The molecule has 2 aromatic heterocycles. The predicted octanol–water partition coefficient (Wildman–Crippen LogP) is 5.90. The van der Waals surface area contributed by atoms with E-state index in [-0.39, 0.29) is 18.4 Å². The highest BCUT2D eigenvalue weighted by Crippen LogP contribution is 2.37. The zero-order chi connectivity index (χ0) is 24.0. The number of pyridine rings is 1. The van der Waals surface area contributed by atoms with Gasteiger partial charge in [-0.3, -0.25) is 15.1 Å². The second-order valence-corrected chi connectivity index (χ2v) is 9.49. The molecular formula is C22H21Cl3N4O3S. The number of amides is 2. The summed E-state index contributed by atoms with van der Waals surface area (Å²) in [5.74, 6) is -0.378. The maximum atomic E-state index is 12.0. The Balaban J connectivity index is 1.99. The molecule has 11 heteroatoms. The molecule has 0 spiro atoms. The van der Waals surface area contributed by atoms with Gasteiger partial charge in [0.1, 0.15) is 16.7 Å². The normalized spacial score (nSPS) is 11.0. The van der Waals surface area contributed by atoms with Gasteiger partial charge in [0, 0.05) is 27.3 Å². The van der Waals surface area contributed by atoms with Crippen molar-refractivity contribution in [2.75, 3.05) is 5.88 Å². The molecule has 0 aliphatic heterocycles. The molecule has 0 fully saturated rings. The summed E-state index contributed by atoms with van der Waals surface area (Å²) < 4.78 is 7.20. The van der Waals surface area contributed by atoms with Crippen LogP contribution in [0.25, 0.3) is 0 Å². The van der Waals surface area contributed by atoms with Gasteiger partial charge in [-0.05, 0) is 35.7 Å². The van der Waals surface area contributed by atoms with Gasteiger partial charge >= 0.3 is 6.09 Å². The molecule has 0 radical (unpaired) electrons. The van der Waals surface area contributed by atoms with Crippen molar-refractivity contribution < 1.29 is 14.3 Å². The zero-order valence-corrected chi connectivity index (χ0v) is 20.9. The van der Waals surface area contributed by atoms with Crippen molar-refractivity contribution in [1.29, 1.82) is 0 Å². The van der Waals surface area contributed by atoms with Gasteiger partial charge in [-0.2, -0.15) is 0 Å². The van der Waals surface area contributed by atoms with Crippen LogP contribution in [0.5, 0.6) is 0 Å². The van der Waals surface area contributed by atoms with Gasteiger partial charge in [0.2, 0.25) is 5.91 Å². The lowest BCUT2D eigenvalue weighted by atomic mass is 10.1. The molecule has 174 valence electrons. The van der Waals surface area contributed by atoms with Crippen LogP contribution < -0.4 is 5.32 Å². The predicted molar refractivity (Wildman–Crippen MR) is 129 cm³/mol. The lowest BCUT2D eigenvalue weighted by molar-refractivity contribution is -0.118. The molecule has 0 bridgehead atoms. The Morgan fingerprint density at radius 3 is 2.55 bits per heavy atom. The first-order valence-electron chi connectivity index (χ1n) is 9.91. The molecule has 0 saturated carbocycles. The van der Waals surface area contributed by atoms with E-state index in [1.165, 1.54) is 11.8 Å². The highest BCUT2D eigenvalue weighted by atomic mass is 35.5. The van der Waals surface area contributed by atoms with Gasteiger partial charge < -0.3 is 9.30 Å². The average molecular weight is 528 g/mol. The van der Waals surface area contributed by atoms with Gasteiger partial charge in [0.15, 0.2) is 6.61 Å². The number of aromatic nitrogens is 3. The third-order valence-corrected chi connectivity index (χ3v) is 6.15. The van der Waals surface area contributed by atoms with E-state index in [2.05, 4.69) is 10.3 Å². The van der Waals surface area contributed by atoms with Crippen LogP contribution in [0, 0.1) is 0 Å². The lowest BCUT2D eigenvalue weighted by Gasteiger charge is -2.14. The smallest absolute Gasteiger partial charge is 0.414 e. The minimum atomic E-state index is -0.890. The van der Waals surface area contributed by atoms with E-state index in [1.807, 2.05) is 42.7 Å². The fourth-order valence-electron chi connectivity index (χ4n) is 2.95. The number of halogens is 3. The first-order chi connectivity index (χ1) is 15.8. The molecule has 1 N–H and O–H groups in total. The molecular weight excluding hydrogens is 507 g/mol. The fourth-order valence-corrected chi connectivity index (χ4v) is 4.93. The van der Waals surface area contributed by atoms with Gasteiger partial charge in [-0.15, -0.1) is 11.6 Å². The Morgan fingerprint density at radius 2 is 1.94 bits per heavy atom. The van der Waals surface area contributed by atoms with Crippen molar-refractivity contribution in [1.82, 2.24) is 19.9 Å². The third kappa shape index (κ3) is 7.11. The maximum absolute atomic E-state index is 12.0. The molecule has 3 aromatic rings. The third-order valence-electron chi connectivity index (χ3n) is 4.38. The van der Waals surface area contributed by atoms with Crippen LogP contribution in [0.2, 0.25) is 10.0 Å². The average Bonchev–Trinajstić information content (AvgIpc) is 3.09. The minimum absolute atomic E-state index is 0.0858. The number of hydrogen-bond donors (Lipinski definition) is 1. The summed E-state index contributed by atoms with van der Waals surface area (Å²) >= 11 is 19.3. The molecule has 2 heterocycles. The summed E-state index contributed by atoms with van der Waals surface area (Å²) in [4.78, 5) is 33.1. The van der Waals surface area contributed by atoms with E-state index in [9.17, 15) is 9.59 Å². The molecule has 7 nitrogen and oxygen atoms in total. The number of carbonyl (C=O) groups excluding carboxylic acids is 2. The summed E-state index contributed by atoms with van der Waals surface area (Å²) in [6.45, 7) is 4.37. The van der Waals surface area contributed by atoms with E-state index in [0.717, 1.165) is 21.2 Å². The van der Waals surface area contributed by atoms with Crippen molar-refractivity contribution >= 4 is 58.6 Å². The van der Waals surface area contributed by atoms with Crippen LogP contribution in [0.4, 0.5) is 4.79 Å². The van der Waals surface area contributed by atoms with Gasteiger partial charge in [0.05, 0.1) is 12.2 Å². The van der Waals surface area contributed by atoms with Gasteiger partial charge in [-0.1, -0.05) is 54.9 Å². The lowest BCUT2D eigenvalue weighted by Crippen LogP contribution is -2.32. The SMILES string of the molecule is CC(C)c1nc(COC(=O)NC(=O)CCl)n(Cc2cccnc2)c1Sc1cc(Cl)cc(Cl)c1. The van der Waals surface area contributed by atoms with Crippen molar-refractivity contribution in [3.05, 3.63) is 69.9 Å². The highest BCUT2D eigenvalue weighted by molar-refractivity contribution is 7.99. The van der Waals surface area contributed by atoms with Crippen LogP contribution >= 0.6 is 46.6 Å². The highest BCUT2D eigenvalue weighted by Gasteiger charge is 2.22. The number of ether oxygens (including phenoxy) is 1. The number of nitrogens with zero attached hydrogens (tertiary/aromatic N) is 3. The van der Waals surface area contributed by atoms with E-state index in [0.29, 0.717) is 22.4 Å². The number of imidazole rings is 1. The Hall–Kier alpha value is -2.26. The Labute approximate surface area is 210 Å². The summed E-state index contributed by atoms with van der Waals surface area (Å²) in [5.41, 5.74) is 1.77. The van der Waals surface area contributed by atoms with Crippen LogP contribution in [0.15, 0.2) is 52.6 Å². The van der Waals surface area contributed by atoms with Crippen LogP contribution in [-0.2, 0) is 22.7 Å². The van der Waals surface area contributed by atoms with Crippen LogP contribution in [0.3, 0.4) is 0 Å². The summed E-state index contributed by atoms with van der Waals surface area (Å²) in [6.07, 6.45) is 2.57. The van der Waals surface area contributed by atoms with E-state index in [4.69, 9.17) is 44.5 Å². The maximum Gasteiger partial charge on any atom is 0.414 e. The molecule has 33 heavy (non-hydrogen) atoms. The topological polar surface area (TPSA) is 86.1 Å².